The number of halogens is 3. The summed E-state index contributed by atoms with van der Waals surface area (Å²) in [6.07, 6.45) is 0. The molecule has 84 valence electrons. The van der Waals surface area contributed by atoms with E-state index in [0.29, 0.717) is 26.1 Å². The summed E-state index contributed by atoms with van der Waals surface area (Å²) < 4.78 is 0. The van der Waals surface area contributed by atoms with Gasteiger partial charge in [-0.1, -0.05) is 46.9 Å². The largest absolute Gasteiger partial charge is 0.243 e. The third-order valence-corrected chi connectivity index (χ3v) is 3.53. The molecule has 1 aromatic heterocycles. The van der Waals surface area contributed by atoms with Gasteiger partial charge in [0.25, 0.3) is 0 Å². The van der Waals surface area contributed by atoms with E-state index in [1.54, 1.807) is 6.07 Å². The molecule has 0 radical (unpaired) electrons. The van der Waals surface area contributed by atoms with Crippen LogP contribution in [0.15, 0.2) is 30.3 Å². The second-order valence-corrected chi connectivity index (χ2v) is 4.76. The van der Waals surface area contributed by atoms with E-state index in [2.05, 4.69) is 9.97 Å². The molecule has 3 rings (SSSR count). The Morgan fingerprint density at radius 2 is 1.35 bits per heavy atom. The van der Waals surface area contributed by atoms with Crippen molar-refractivity contribution >= 4 is 56.9 Å². The standard InChI is InChI=1S/C12H5Cl3N2/c13-6-5-7(14)11-12(10(6)15)17-9-4-2-1-3-8(9)16-11/h1-5H. The van der Waals surface area contributed by atoms with Gasteiger partial charge in [-0.05, 0) is 18.2 Å². The normalized spacial score (nSPS) is 11.2. The van der Waals surface area contributed by atoms with Gasteiger partial charge in [-0.2, -0.15) is 0 Å². The first-order chi connectivity index (χ1) is 8.16. The first-order valence-corrected chi connectivity index (χ1v) is 6.00. The summed E-state index contributed by atoms with van der Waals surface area (Å²) in [7, 11) is 0. The summed E-state index contributed by atoms with van der Waals surface area (Å²) in [5.41, 5.74) is 2.64. The highest BCUT2D eigenvalue weighted by atomic mass is 35.5. The molecule has 17 heavy (non-hydrogen) atoms. The number of rotatable bonds is 0. The van der Waals surface area contributed by atoms with Gasteiger partial charge in [-0.3, -0.25) is 0 Å². The average molecular weight is 284 g/mol. The predicted octanol–water partition coefficient (Wildman–Crippen LogP) is 4.74. The summed E-state index contributed by atoms with van der Waals surface area (Å²) in [6.45, 7) is 0. The first-order valence-electron chi connectivity index (χ1n) is 4.87. The Balaban J connectivity index is 2.56. The molecule has 0 saturated carbocycles. The second kappa shape index (κ2) is 3.98. The molecule has 5 heteroatoms. The topological polar surface area (TPSA) is 25.8 Å². The molecule has 0 spiro atoms. The Hall–Kier alpha value is -1.09. The van der Waals surface area contributed by atoms with Crippen LogP contribution in [0.5, 0.6) is 0 Å². The molecular formula is C12H5Cl3N2. The summed E-state index contributed by atoms with van der Waals surface area (Å²) in [4.78, 5) is 8.88. The zero-order valence-electron chi connectivity index (χ0n) is 8.42. The monoisotopic (exact) mass is 282 g/mol. The molecule has 2 nitrogen and oxygen atoms in total. The van der Waals surface area contributed by atoms with Gasteiger partial charge in [0, 0.05) is 0 Å². The summed E-state index contributed by atoms with van der Waals surface area (Å²) in [5, 5.41) is 1.21. The smallest absolute Gasteiger partial charge is 0.111 e. The molecule has 0 amide bonds. The zero-order valence-corrected chi connectivity index (χ0v) is 10.7. The van der Waals surface area contributed by atoms with Gasteiger partial charge in [-0.25, -0.2) is 9.97 Å². The van der Waals surface area contributed by atoms with Crippen molar-refractivity contribution in [3.05, 3.63) is 45.4 Å². The lowest BCUT2D eigenvalue weighted by Gasteiger charge is -2.05. The van der Waals surface area contributed by atoms with Crippen molar-refractivity contribution in [3.63, 3.8) is 0 Å². The van der Waals surface area contributed by atoms with E-state index in [-0.39, 0.29) is 0 Å². The lowest BCUT2D eigenvalue weighted by atomic mass is 10.2. The number of benzene rings is 2. The second-order valence-electron chi connectivity index (χ2n) is 3.56. The van der Waals surface area contributed by atoms with E-state index in [9.17, 15) is 0 Å². The van der Waals surface area contributed by atoms with Gasteiger partial charge in [0.05, 0.1) is 26.1 Å². The fourth-order valence-electron chi connectivity index (χ4n) is 1.68. The van der Waals surface area contributed by atoms with E-state index in [0.717, 1.165) is 11.0 Å². The highest BCUT2D eigenvalue weighted by Crippen LogP contribution is 2.34. The molecule has 0 saturated heterocycles. The van der Waals surface area contributed by atoms with Crippen molar-refractivity contribution in [3.8, 4) is 0 Å². The number of fused-ring (bicyclic) bond motifs is 2. The maximum Gasteiger partial charge on any atom is 0.111 e. The maximum atomic E-state index is 6.11. The van der Waals surface area contributed by atoms with Crippen LogP contribution < -0.4 is 0 Å². The Labute approximate surface area is 112 Å². The van der Waals surface area contributed by atoms with E-state index in [1.807, 2.05) is 24.3 Å². The van der Waals surface area contributed by atoms with Crippen molar-refractivity contribution in [2.24, 2.45) is 0 Å². The van der Waals surface area contributed by atoms with Crippen LogP contribution in [0.2, 0.25) is 15.1 Å². The molecule has 0 aliphatic rings. The third-order valence-electron chi connectivity index (χ3n) is 2.47. The minimum atomic E-state index is 0.379. The van der Waals surface area contributed by atoms with Crippen LogP contribution in [0.4, 0.5) is 0 Å². The van der Waals surface area contributed by atoms with Crippen molar-refractivity contribution in [1.29, 1.82) is 0 Å². The van der Waals surface area contributed by atoms with Crippen molar-refractivity contribution in [2.75, 3.05) is 0 Å². The lowest BCUT2D eigenvalue weighted by Crippen LogP contribution is -1.89. The predicted molar refractivity (Wildman–Crippen MR) is 72.1 cm³/mol. The molecule has 0 aliphatic carbocycles. The molecule has 2 aromatic carbocycles. The number of hydrogen-bond acceptors (Lipinski definition) is 2. The van der Waals surface area contributed by atoms with Crippen LogP contribution in [0, 0.1) is 0 Å². The van der Waals surface area contributed by atoms with Crippen LogP contribution in [0.25, 0.3) is 22.1 Å². The molecule has 0 fully saturated rings. The van der Waals surface area contributed by atoms with E-state index in [4.69, 9.17) is 34.8 Å². The SMILES string of the molecule is Clc1cc(Cl)c2nc3ccccc3nc2c1Cl. The fraction of sp³-hybridized carbons (Fsp3) is 0. The van der Waals surface area contributed by atoms with Gasteiger partial charge < -0.3 is 0 Å². The number of hydrogen-bond donors (Lipinski definition) is 0. The molecule has 0 bridgehead atoms. The molecule has 0 unspecified atom stereocenters. The quantitative estimate of drug-likeness (QED) is 0.440. The fourth-order valence-corrected chi connectivity index (χ4v) is 2.36. The van der Waals surface area contributed by atoms with Gasteiger partial charge in [0.2, 0.25) is 0 Å². The lowest BCUT2D eigenvalue weighted by molar-refractivity contribution is 1.39. The highest BCUT2D eigenvalue weighted by Gasteiger charge is 2.12. The highest BCUT2D eigenvalue weighted by molar-refractivity contribution is 6.47. The zero-order chi connectivity index (χ0) is 12.0. The first kappa shape index (κ1) is 11.0. The minimum absolute atomic E-state index is 0.379. The average Bonchev–Trinajstić information content (AvgIpc) is 2.34. The molecular weight excluding hydrogens is 279 g/mol. The van der Waals surface area contributed by atoms with Crippen LogP contribution in [0.1, 0.15) is 0 Å². The van der Waals surface area contributed by atoms with E-state index in [1.165, 1.54) is 0 Å². The van der Waals surface area contributed by atoms with Crippen molar-refractivity contribution < 1.29 is 0 Å². The number of para-hydroxylation sites is 2. The number of aromatic nitrogens is 2. The van der Waals surface area contributed by atoms with Crippen molar-refractivity contribution in [2.45, 2.75) is 0 Å². The third kappa shape index (κ3) is 1.73. The van der Waals surface area contributed by atoms with Crippen LogP contribution in [0.3, 0.4) is 0 Å². The Morgan fingerprint density at radius 1 is 0.765 bits per heavy atom. The molecule has 0 N–H and O–H groups in total. The van der Waals surface area contributed by atoms with Gasteiger partial charge in [0.15, 0.2) is 0 Å². The summed E-state index contributed by atoms with van der Waals surface area (Å²) in [6, 6.07) is 9.11. The molecule has 1 heterocycles. The van der Waals surface area contributed by atoms with Crippen LogP contribution in [-0.4, -0.2) is 9.97 Å². The van der Waals surface area contributed by atoms with Crippen LogP contribution in [-0.2, 0) is 0 Å². The van der Waals surface area contributed by atoms with Crippen LogP contribution >= 0.6 is 34.8 Å². The molecule has 3 aromatic rings. The number of nitrogens with zero attached hydrogens (tertiary/aromatic N) is 2. The van der Waals surface area contributed by atoms with Gasteiger partial charge >= 0.3 is 0 Å². The maximum absolute atomic E-state index is 6.11. The Kier molecular flexibility index (Phi) is 2.58. The van der Waals surface area contributed by atoms with E-state index < -0.39 is 0 Å². The summed E-state index contributed by atoms with van der Waals surface area (Å²) in [5.74, 6) is 0. The molecule has 0 atom stereocenters. The van der Waals surface area contributed by atoms with Gasteiger partial charge in [-0.15, -0.1) is 0 Å². The van der Waals surface area contributed by atoms with Gasteiger partial charge in [0.1, 0.15) is 11.0 Å². The summed E-state index contributed by atoms with van der Waals surface area (Å²) >= 11 is 18.2. The Bertz CT molecular complexity index is 740. The minimum Gasteiger partial charge on any atom is -0.243 e. The molecule has 0 aliphatic heterocycles. The Morgan fingerprint density at radius 3 is 2.00 bits per heavy atom. The van der Waals surface area contributed by atoms with E-state index >= 15 is 0 Å². The van der Waals surface area contributed by atoms with Crippen molar-refractivity contribution in [1.82, 2.24) is 9.97 Å².